The van der Waals surface area contributed by atoms with Crippen molar-refractivity contribution in [2.45, 2.75) is 11.4 Å². The van der Waals surface area contributed by atoms with Crippen LogP contribution in [0, 0.1) is 5.41 Å². The zero-order valence-corrected chi connectivity index (χ0v) is 19.6. The van der Waals surface area contributed by atoms with Gasteiger partial charge in [-0.2, -0.15) is 4.98 Å². The number of benzene rings is 2. The van der Waals surface area contributed by atoms with Crippen molar-refractivity contribution in [1.82, 2.24) is 9.97 Å². The fourth-order valence-corrected chi connectivity index (χ4v) is 5.72. The minimum Gasteiger partial charge on any atom is -0.449 e. The third kappa shape index (κ3) is 4.59. The van der Waals surface area contributed by atoms with E-state index in [-0.39, 0.29) is 23.5 Å². The van der Waals surface area contributed by atoms with E-state index in [0.717, 1.165) is 0 Å². The highest BCUT2D eigenvalue weighted by molar-refractivity contribution is 7.91. The second kappa shape index (κ2) is 8.95. The largest absolute Gasteiger partial charge is 0.511 e. The van der Waals surface area contributed by atoms with E-state index in [1.807, 2.05) is 11.0 Å². The molecule has 184 valence electrons. The lowest BCUT2D eigenvalue weighted by atomic mass is 9.86. The molecule has 2 aliphatic rings. The number of nitrogens with one attached hydrogen (secondary N) is 1. The predicted molar refractivity (Wildman–Crippen MR) is 129 cm³/mol. The number of aromatic nitrogens is 2. The maximum Gasteiger partial charge on any atom is 0.511 e. The van der Waals surface area contributed by atoms with Gasteiger partial charge in [0.15, 0.2) is 9.84 Å². The first kappa shape index (κ1) is 23.3. The van der Waals surface area contributed by atoms with Gasteiger partial charge >= 0.3 is 6.16 Å². The number of hydrogen-bond donors (Lipinski definition) is 3. The van der Waals surface area contributed by atoms with Crippen molar-refractivity contribution >= 4 is 38.7 Å². The number of nitrogens with two attached hydrogens (primary N) is 1. The molecule has 12 heteroatoms. The van der Waals surface area contributed by atoms with Gasteiger partial charge in [0.05, 0.1) is 29.4 Å². The van der Waals surface area contributed by atoms with Gasteiger partial charge in [0.1, 0.15) is 11.6 Å². The van der Waals surface area contributed by atoms with Crippen LogP contribution in [0.15, 0.2) is 47.4 Å². The Bertz CT molecular complexity index is 1390. The lowest BCUT2D eigenvalue weighted by Gasteiger charge is -2.40. The number of nitrogens with zero attached hydrogens (tertiary/aromatic N) is 3. The SMILES string of the molecule is NCC1(CNc2nc(N3CCS(=O)(=O)c4ccccc4C3)nc3ccc(OC(=O)O)cc23)COC1. The van der Waals surface area contributed by atoms with E-state index < -0.39 is 16.0 Å². The summed E-state index contributed by atoms with van der Waals surface area (Å²) in [6, 6.07) is 11.7. The molecule has 0 radical (unpaired) electrons. The lowest BCUT2D eigenvalue weighted by molar-refractivity contribution is -0.0979. The van der Waals surface area contributed by atoms with Gasteiger partial charge in [-0.25, -0.2) is 18.2 Å². The van der Waals surface area contributed by atoms with Crippen LogP contribution in [0.2, 0.25) is 0 Å². The lowest BCUT2D eigenvalue weighted by Crippen LogP contribution is -2.52. The molecule has 11 nitrogen and oxygen atoms in total. The Morgan fingerprint density at radius 3 is 2.74 bits per heavy atom. The molecule has 0 saturated carbocycles. The standard InChI is InChI=1S/C23H25N5O6S/c24-11-23(13-33-14-23)12-25-20-17-9-16(34-22(29)30)5-6-18(17)26-21(27-20)28-7-8-35(31,32)19-4-2-1-3-15(19)10-28/h1-6,9H,7-8,10-14,24H2,(H,29,30)(H,25,26,27). The minimum atomic E-state index is -3.43. The smallest absolute Gasteiger partial charge is 0.449 e. The van der Waals surface area contributed by atoms with Gasteiger partial charge in [0, 0.05) is 37.0 Å². The van der Waals surface area contributed by atoms with E-state index in [2.05, 4.69) is 10.3 Å². The second-order valence-electron chi connectivity index (χ2n) is 8.82. The van der Waals surface area contributed by atoms with Gasteiger partial charge in [-0.15, -0.1) is 0 Å². The van der Waals surface area contributed by atoms with Crippen LogP contribution in [0.4, 0.5) is 16.6 Å². The molecule has 0 amide bonds. The van der Waals surface area contributed by atoms with E-state index >= 15 is 0 Å². The highest BCUT2D eigenvalue weighted by Crippen LogP contribution is 2.32. The van der Waals surface area contributed by atoms with Gasteiger partial charge in [0.25, 0.3) is 0 Å². The van der Waals surface area contributed by atoms with Crippen molar-refractivity contribution in [2.24, 2.45) is 11.1 Å². The van der Waals surface area contributed by atoms with Crippen molar-refractivity contribution in [1.29, 1.82) is 0 Å². The van der Waals surface area contributed by atoms with Gasteiger partial charge in [-0.05, 0) is 29.8 Å². The van der Waals surface area contributed by atoms with E-state index in [1.54, 1.807) is 30.3 Å². The fourth-order valence-electron chi connectivity index (χ4n) is 4.22. The average molecular weight is 500 g/mol. The molecule has 1 fully saturated rings. The third-order valence-electron chi connectivity index (χ3n) is 6.32. The molecular formula is C23H25N5O6S. The molecule has 1 saturated heterocycles. The number of carbonyl (C=O) groups is 1. The highest BCUT2D eigenvalue weighted by Gasteiger charge is 2.37. The molecule has 35 heavy (non-hydrogen) atoms. The van der Waals surface area contributed by atoms with Gasteiger partial charge in [0.2, 0.25) is 5.95 Å². The number of anilines is 2. The topological polar surface area (TPSA) is 157 Å². The molecule has 2 aliphatic heterocycles. The zero-order valence-electron chi connectivity index (χ0n) is 18.8. The number of carboxylic acid groups (broad SMARTS) is 1. The molecule has 0 spiro atoms. The Labute approximate surface area is 201 Å². The van der Waals surface area contributed by atoms with Crippen LogP contribution in [0.1, 0.15) is 5.56 Å². The third-order valence-corrected chi connectivity index (χ3v) is 8.11. The number of ether oxygens (including phenoxy) is 2. The molecule has 1 aromatic heterocycles. The monoisotopic (exact) mass is 499 g/mol. The van der Waals surface area contributed by atoms with Crippen LogP contribution in [0.25, 0.3) is 10.9 Å². The fraction of sp³-hybridized carbons (Fsp3) is 0.348. The Kier molecular flexibility index (Phi) is 5.95. The highest BCUT2D eigenvalue weighted by atomic mass is 32.2. The summed E-state index contributed by atoms with van der Waals surface area (Å²) >= 11 is 0. The maximum absolute atomic E-state index is 12.8. The first-order valence-electron chi connectivity index (χ1n) is 11.1. The Morgan fingerprint density at radius 1 is 1.23 bits per heavy atom. The predicted octanol–water partition coefficient (Wildman–Crippen LogP) is 1.87. The molecule has 3 heterocycles. The number of rotatable bonds is 6. The Hall–Kier alpha value is -3.48. The summed E-state index contributed by atoms with van der Waals surface area (Å²) in [4.78, 5) is 22.6. The zero-order chi connectivity index (χ0) is 24.6. The van der Waals surface area contributed by atoms with E-state index in [9.17, 15) is 13.2 Å². The average Bonchev–Trinajstić information content (AvgIpc) is 2.94. The van der Waals surface area contributed by atoms with E-state index in [0.29, 0.717) is 66.0 Å². The number of sulfone groups is 1. The van der Waals surface area contributed by atoms with Crippen molar-refractivity contribution in [3.05, 3.63) is 48.0 Å². The van der Waals surface area contributed by atoms with Gasteiger partial charge in [-0.1, -0.05) is 18.2 Å². The molecule has 2 aromatic carbocycles. The van der Waals surface area contributed by atoms with Gasteiger partial charge < -0.3 is 30.5 Å². The first-order valence-corrected chi connectivity index (χ1v) is 12.7. The Morgan fingerprint density at radius 2 is 2.03 bits per heavy atom. The van der Waals surface area contributed by atoms with Gasteiger partial charge in [-0.3, -0.25) is 0 Å². The van der Waals surface area contributed by atoms with Crippen LogP contribution in [-0.2, 0) is 21.1 Å². The molecule has 3 aromatic rings. The van der Waals surface area contributed by atoms with Crippen LogP contribution in [-0.4, -0.2) is 68.2 Å². The number of hydrogen-bond acceptors (Lipinski definition) is 10. The molecule has 0 aliphatic carbocycles. The summed E-state index contributed by atoms with van der Waals surface area (Å²) in [5.41, 5.74) is 6.98. The molecular weight excluding hydrogens is 474 g/mol. The summed E-state index contributed by atoms with van der Waals surface area (Å²) in [5.74, 6) is 0.916. The first-order chi connectivity index (χ1) is 16.8. The van der Waals surface area contributed by atoms with Crippen molar-refractivity contribution in [3.8, 4) is 5.75 Å². The molecule has 0 atom stereocenters. The van der Waals surface area contributed by atoms with Crippen LogP contribution in [0.3, 0.4) is 0 Å². The van der Waals surface area contributed by atoms with Crippen LogP contribution < -0.4 is 20.7 Å². The van der Waals surface area contributed by atoms with Crippen LogP contribution >= 0.6 is 0 Å². The summed E-state index contributed by atoms with van der Waals surface area (Å²) in [7, 11) is -3.43. The summed E-state index contributed by atoms with van der Waals surface area (Å²) in [6.07, 6.45) is -1.42. The minimum absolute atomic E-state index is 0.0623. The van der Waals surface area contributed by atoms with Crippen molar-refractivity contribution < 1.29 is 27.8 Å². The molecule has 5 rings (SSSR count). The van der Waals surface area contributed by atoms with E-state index in [4.69, 9.17) is 25.3 Å². The van der Waals surface area contributed by atoms with E-state index in [1.165, 1.54) is 6.07 Å². The molecule has 0 unspecified atom stereocenters. The molecule has 4 N–H and O–H groups in total. The second-order valence-corrected chi connectivity index (χ2v) is 10.9. The Balaban J connectivity index is 1.55. The number of fused-ring (bicyclic) bond motifs is 2. The van der Waals surface area contributed by atoms with Crippen molar-refractivity contribution in [2.75, 3.05) is 48.8 Å². The van der Waals surface area contributed by atoms with Crippen molar-refractivity contribution in [3.63, 3.8) is 0 Å². The summed E-state index contributed by atoms with van der Waals surface area (Å²) in [6.45, 7) is 2.55. The normalized spacial score (nSPS) is 18.3. The maximum atomic E-state index is 12.8. The molecule has 0 bridgehead atoms. The van der Waals surface area contributed by atoms with Crippen LogP contribution in [0.5, 0.6) is 5.75 Å². The summed E-state index contributed by atoms with van der Waals surface area (Å²) < 4.78 is 35.8. The quantitative estimate of drug-likeness (QED) is 0.336. The summed E-state index contributed by atoms with van der Waals surface area (Å²) in [5, 5.41) is 12.9.